The Morgan fingerprint density at radius 3 is 2.86 bits per heavy atom. The lowest BCUT2D eigenvalue weighted by Crippen LogP contribution is -1.72. The first kappa shape index (κ1) is 4.45. The average molecular weight is 120 g/mol. The number of hydrogen-bond donors (Lipinski definition) is 3. The third kappa shape index (κ3) is 1.08. The number of H-pyrrole nitrogens is 2. The molecular formula is C2H4N2O2S. The molecule has 0 unspecified atom stereocenters. The van der Waals surface area contributed by atoms with E-state index < -0.39 is 0 Å². The Balaban J connectivity index is 3.02. The van der Waals surface area contributed by atoms with Crippen LogP contribution in [-0.2, 0) is 0 Å². The highest BCUT2D eigenvalue weighted by Crippen LogP contribution is 1.95. The Bertz CT molecular complexity index is 144. The minimum Gasteiger partial charge on any atom is -0.342 e. The zero-order chi connectivity index (χ0) is 5.11. The van der Waals surface area contributed by atoms with Crippen molar-refractivity contribution in [3.63, 3.8) is 0 Å². The van der Waals surface area contributed by atoms with E-state index in [4.69, 9.17) is 0 Å². The van der Waals surface area contributed by atoms with Gasteiger partial charge in [0, 0.05) is 0 Å². The summed E-state index contributed by atoms with van der Waals surface area (Å²) in [5.74, 6) is 0. The molecule has 2 N–H and O–H groups in total. The first-order valence-electron chi connectivity index (χ1n) is 1.62. The van der Waals surface area contributed by atoms with Gasteiger partial charge in [0.05, 0.1) is 6.20 Å². The number of rotatable bonds is 0. The molecule has 0 aromatic carbocycles. The van der Waals surface area contributed by atoms with Gasteiger partial charge in [-0.15, -0.1) is 12.6 Å². The number of nitrogens with one attached hydrogen (secondary N) is 2. The van der Waals surface area contributed by atoms with Crippen LogP contribution in [0.25, 0.3) is 0 Å². The average Bonchev–Trinajstić information content (AvgIpc) is 1.69. The van der Waals surface area contributed by atoms with Crippen LogP contribution in [0, 0.1) is 0 Å². The minimum absolute atomic E-state index is 0.436. The highest BCUT2D eigenvalue weighted by molar-refractivity contribution is 7.80. The fraction of sp³-hybridized carbons (Fsp3) is 0. The van der Waals surface area contributed by atoms with Crippen LogP contribution >= 0.6 is 12.6 Å². The predicted molar refractivity (Wildman–Crippen MR) is 24.6 cm³/mol. The largest absolute Gasteiger partial charge is 0.342 e. The number of thiol groups is 1. The number of aromatic amines is 2. The normalized spacial score (nSPS) is 8.71. The van der Waals surface area contributed by atoms with E-state index in [1.165, 1.54) is 6.20 Å². The summed E-state index contributed by atoms with van der Waals surface area (Å²) in [7, 11) is 0. The zero-order valence-electron chi connectivity index (χ0n) is 3.34. The highest BCUT2D eigenvalue weighted by Gasteiger charge is 1.76. The van der Waals surface area contributed by atoms with E-state index in [1.807, 2.05) is 0 Å². The molecule has 1 heterocycles. The van der Waals surface area contributed by atoms with Gasteiger partial charge in [-0.3, -0.25) is 4.63 Å². The monoisotopic (exact) mass is 120 g/mol. The smallest absolute Gasteiger partial charge is 0.208 e. The van der Waals surface area contributed by atoms with Gasteiger partial charge in [-0.25, -0.2) is 0 Å². The van der Waals surface area contributed by atoms with Crippen molar-refractivity contribution in [3.05, 3.63) is 6.20 Å². The fourth-order valence-electron chi connectivity index (χ4n) is 0.197. The Labute approximate surface area is 44.5 Å². The lowest BCUT2D eigenvalue weighted by molar-refractivity contribution is 0.0903. The molecule has 0 saturated heterocycles. The van der Waals surface area contributed by atoms with Crippen LogP contribution in [0.2, 0.25) is 0 Å². The molecule has 1 aromatic heterocycles. The standard InChI is InChI=1S/C2H4N2O2S/c7-2-1-3-6-4-5-2/h1,3-4,7H. The molecule has 0 bridgehead atoms. The lowest BCUT2D eigenvalue weighted by atomic mass is 11.0. The summed E-state index contributed by atoms with van der Waals surface area (Å²) >= 11 is 3.80. The second-order valence-electron chi connectivity index (χ2n) is 0.888. The molecule has 0 aliphatic heterocycles. The maximum Gasteiger partial charge on any atom is 0.208 e. The molecule has 0 aliphatic rings. The third-order valence-electron chi connectivity index (χ3n) is 0.429. The first-order valence-corrected chi connectivity index (χ1v) is 2.06. The van der Waals surface area contributed by atoms with Crippen molar-refractivity contribution >= 4 is 12.6 Å². The second kappa shape index (κ2) is 1.83. The SMILES string of the molecule is Sc1c[nH]o[nH]o1. The van der Waals surface area contributed by atoms with Crippen LogP contribution in [0.5, 0.6) is 0 Å². The molecule has 0 saturated carbocycles. The summed E-state index contributed by atoms with van der Waals surface area (Å²) in [6, 6.07) is 0. The Morgan fingerprint density at radius 2 is 2.57 bits per heavy atom. The summed E-state index contributed by atoms with van der Waals surface area (Å²) in [6.07, 6.45) is 1.46. The molecule has 40 valence electrons. The maximum atomic E-state index is 4.47. The van der Waals surface area contributed by atoms with E-state index in [0.29, 0.717) is 5.09 Å². The highest BCUT2D eigenvalue weighted by atomic mass is 32.1. The summed E-state index contributed by atoms with van der Waals surface area (Å²) in [4.78, 5) is 0. The van der Waals surface area contributed by atoms with Gasteiger partial charge in [0.25, 0.3) is 0 Å². The minimum atomic E-state index is 0.436. The van der Waals surface area contributed by atoms with E-state index in [-0.39, 0.29) is 0 Å². The van der Waals surface area contributed by atoms with Crippen LogP contribution in [-0.4, -0.2) is 10.5 Å². The summed E-state index contributed by atoms with van der Waals surface area (Å²) in [5, 5.41) is 4.88. The third-order valence-corrected chi connectivity index (χ3v) is 0.650. The van der Waals surface area contributed by atoms with Gasteiger partial charge in [0.15, 0.2) is 0 Å². The van der Waals surface area contributed by atoms with Gasteiger partial charge in [-0.1, -0.05) is 5.33 Å². The molecule has 0 aliphatic carbocycles. The quantitative estimate of drug-likeness (QED) is 0.446. The van der Waals surface area contributed by atoms with Crippen LogP contribution in [0.4, 0.5) is 0 Å². The molecule has 0 atom stereocenters. The van der Waals surface area contributed by atoms with Crippen LogP contribution in [0.1, 0.15) is 0 Å². The molecule has 0 spiro atoms. The van der Waals surface area contributed by atoms with E-state index >= 15 is 0 Å². The van der Waals surface area contributed by atoms with Crippen molar-refractivity contribution in [2.45, 2.75) is 5.09 Å². The molecule has 0 amide bonds. The lowest BCUT2D eigenvalue weighted by Gasteiger charge is -1.84. The van der Waals surface area contributed by atoms with Crippen molar-refractivity contribution < 1.29 is 9.15 Å². The maximum absolute atomic E-state index is 4.47. The topological polar surface area (TPSA) is 57.9 Å². The predicted octanol–water partition coefficient (Wildman–Crippen LogP) is 0.942. The van der Waals surface area contributed by atoms with E-state index in [9.17, 15) is 0 Å². The van der Waals surface area contributed by atoms with E-state index in [1.54, 1.807) is 0 Å². The molecule has 1 rings (SSSR count). The number of hydrogen-bond acceptors (Lipinski definition) is 3. The molecule has 4 nitrogen and oxygen atoms in total. The summed E-state index contributed by atoms with van der Waals surface area (Å²) in [5.41, 5.74) is 0. The molecule has 0 radical (unpaired) electrons. The second-order valence-corrected chi connectivity index (χ2v) is 1.33. The van der Waals surface area contributed by atoms with Crippen LogP contribution in [0.15, 0.2) is 20.4 Å². The Morgan fingerprint density at radius 1 is 1.71 bits per heavy atom. The van der Waals surface area contributed by atoms with Crippen molar-refractivity contribution in [2.24, 2.45) is 0 Å². The van der Waals surface area contributed by atoms with Gasteiger partial charge in [-0.2, -0.15) is 5.16 Å². The first-order chi connectivity index (χ1) is 3.39. The van der Waals surface area contributed by atoms with Gasteiger partial charge in [0.1, 0.15) is 0 Å². The van der Waals surface area contributed by atoms with Crippen molar-refractivity contribution in [2.75, 3.05) is 0 Å². The number of aromatic nitrogens is 2. The molecule has 7 heavy (non-hydrogen) atoms. The zero-order valence-corrected chi connectivity index (χ0v) is 4.24. The van der Waals surface area contributed by atoms with Gasteiger partial charge < -0.3 is 4.52 Å². The molecule has 1 aromatic rings. The van der Waals surface area contributed by atoms with E-state index in [0.717, 1.165) is 0 Å². The van der Waals surface area contributed by atoms with Gasteiger partial charge in [0.2, 0.25) is 5.09 Å². The van der Waals surface area contributed by atoms with Crippen molar-refractivity contribution in [3.8, 4) is 0 Å². The Hall–Kier alpha value is -0.710. The molecule has 5 heteroatoms. The van der Waals surface area contributed by atoms with Crippen LogP contribution in [0.3, 0.4) is 0 Å². The summed E-state index contributed by atoms with van der Waals surface area (Å²) < 4.78 is 8.76. The van der Waals surface area contributed by atoms with Gasteiger partial charge in [-0.05, 0) is 0 Å². The fourth-order valence-corrected chi connectivity index (χ4v) is 0.287. The Kier molecular flexibility index (Phi) is 1.16. The van der Waals surface area contributed by atoms with Crippen LogP contribution < -0.4 is 0 Å². The molecule has 0 fully saturated rings. The van der Waals surface area contributed by atoms with Crippen molar-refractivity contribution in [1.29, 1.82) is 0 Å². The van der Waals surface area contributed by atoms with Gasteiger partial charge >= 0.3 is 0 Å². The van der Waals surface area contributed by atoms with Crippen molar-refractivity contribution in [1.82, 2.24) is 10.5 Å². The summed E-state index contributed by atoms with van der Waals surface area (Å²) in [6.45, 7) is 0. The molecular weight excluding hydrogens is 116 g/mol. The van der Waals surface area contributed by atoms with E-state index in [2.05, 4.69) is 32.3 Å².